The highest BCUT2D eigenvalue weighted by Gasteiger charge is 2.57. The molecule has 1 saturated heterocycles. The lowest BCUT2D eigenvalue weighted by molar-refractivity contribution is -0.121. The summed E-state index contributed by atoms with van der Waals surface area (Å²) in [5.41, 5.74) is 0.227. The second kappa shape index (κ2) is 8.88. The second-order valence-electron chi connectivity index (χ2n) is 11.2. The Morgan fingerprint density at radius 1 is 1.06 bits per heavy atom. The average Bonchev–Trinajstić information content (AvgIpc) is 3.37. The van der Waals surface area contributed by atoms with Crippen LogP contribution in [-0.4, -0.2) is 34.6 Å². The largest absolute Gasteiger partial charge is 0.443 e. The Kier molecular flexibility index (Phi) is 6.40. The summed E-state index contributed by atoms with van der Waals surface area (Å²) in [4.78, 5) is 27.9. The SMILES string of the molecule is CC(C)(C)CC(C)(C)OC(=O)N1[C@@H](C(=O)Nc2cccc(-c3ccccc3Cl)c2F)C[C@H]2C[C@H]21. The van der Waals surface area contributed by atoms with Gasteiger partial charge in [0, 0.05) is 22.2 Å². The highest BCUT2D eigenvalue weighted by atomic mass is 35.5. The minimum Gasteiger partial charge on any atom is -0.443 e. The maximum absolute atomic E-state index is 15.3. The predicted molar refractivity (Wildman–Crippen MR) is 132 cm³/mol. The molecule has 5 nitrogen and oxygen atoms in total. The van der Waals surface area contributed by atoms with Gasteiger partial charge in [-0.05, 0) is 56.6 Å². The molecule has 1 N–H and O–H groups in total. The number of rotatable bonds is 5. The normalized spacial score (nSPS) is 21.7. The van der Waals surface area contributed by atoms with Crippen LogP contribution in [0.3, 0.4) is 0 Å². The first-order chi connectivity index (χ1) is 15.9. The summed E-state index contributed by atoms with van der Waals surface area (Å²) in [7, 11) is 0. The second-order valence-corrected chi connectivity index (χ2v) is 11.6. The lowest BCUT2D eigenvalue weighted by Crippen LogP contribution is -2.48. The van der Waals surface area contributed by atoms with Gasteiger partial charge in [-0.3, -0.25) is 9.69 Å². The maximum atomic E-state index is 15.3. The lowest BCUT2D eigenvalue weighted by atomic mass is 9.84. The van der Waals surface area contributed by atoms with Crippen LogP contribution in [-0.2, 0) is 9.53 Å². The molecule has 0 aromatic heterocycles. The number of halogens is 2. The quantitative estimate of drug-likeness (QED) is 0.500. The van der Waals surface area contributed by atoms with Crippen LogP contribution < -0.4 is 5.32 Å². The van der Waals surface area contributed by atoms with Crippen molar-refractivity contribution in [3.05, 3.63) is 53.3 Å². The summed E-state index contributed by atoms with van der Waals surface area (Å²) in [6.45, 7) is 10.1. The molecule has 0 bridgehead atoms. The molecule has 4 rings (SSSR count). The summed E-state index contributed by atoms with van der Waals surface area (Å²) >= 11 is 6.25. The van der Waals surface area contributed by atoms with Gasteiger partial charge in [0.15, 0.2) is 5.82 Å². The Morgan fingerprint density at radius 2 is 1.74 bits per heavy atom. The summed E-state index contributed by atoms with van der Waals surface area (Å²) < 4.78 is 21.2. The highest BCUT2D eigenvalue weighted by Crippen LogP contribution is 2.49. The number of nitrogens with one attached hydrogen (secondary N) is 1. The van der Waals surface area contributed by atoms with Crippen molar-refractivity contribution in [2.45, 2.75) is 71.6 Å². The number of anilines is 1. The average molecular weight is 487 g/mol. The van der Waals surface area contributed by atoms with Crippen molar-refractivity contribution < 1.29 is 18.7 Å². The van der Waals surface area contributed by atoms with Crippen molar-refractivity contribution in [2.75, 3.05) is 5.32 Å². The lowest BCUT2D eigenvalue weighted by Gasteiger charge is -2.35. The van der Waals surface area contributed by atoms with Crippen LogP contribution in [0.2, 0.25) is 5.02 Å². The summed E-state index contributed by atoms with van der Waals surface area (Å²) in [6.07, 6.45) is 1.63. The van der Waals surface area contributed by atoms with Crippen molar-refractivity contribution in [3.63, 3.8) is 0 Å². The number of likely N-dealkylation sites (tertiary alicyclic amines) is 1. The third kappa shape index (κ3) is 5.22. The Hall–Kier alpha value is -2.60. The number of carbonyl (C=O) groups is 2. The van der Waals surface area contributed by atoms with Crippen LogP contribution in [0.4, 0.5) is 14.9 Å². The van der Waals surface area contributed by atoms with Crippen LogP contribution in [0.25, 0.3) is 11.1 Å². The molecule has 1 aliphatic carbocycles. The van der Waals surface area contributed by atoms with Gasteiger partial charge in [0.1, 0.15) is 11.6 Å². The first-order valence-corrected chi connectivity index (χ1v) is 12.1. The zero-order valence-corrected chi connectivity index (χ0v) is 21.1. The molecule has 0 unspecified atom stereocenters. The van der Waals surface area contributed by atoms with Crippen molar-refractivity contribution in [1.82, 2.24) is 4.90 Å². The van der Waals surface area contributed by atoms with Crippen LogP contribution in [0.1, 0.15) is 53.9 Å². The van der Waals surface area contributed by atoms with Gasteiger partial charge >= 0.3 is 6.09 Å². The molecule has 1 heterocycles. The smallest absolute Gasteiger partial charge is 0.411 e. The summed E-state index contributed by atoms with van der Waals surface area (Å²) in [5.74, 6) is -0.686. The molecule has 2 aliphatic rings. The molecule has 2 fully saturated rings. The van der Waals surface area contributed by atoms with Gasteiger partial charge in [0.2, 0.25) is 5.91 Å². The van der Waals surface area contributed by atoms with Crippen molar-refractivity contribution in [1.29, 1.82) is 0 Å². The zero-order valence-electron chi connectivity index (χ0n) is 20.3. The fourth-order valence-electron chi connectivity index (χ4n) is 5.29. The number of amides is 2. The molecule has 2 amide bonds. The number of fused-ring (bicyclic) bond motifs is 1. The molecule has 1 saturated carbocycles. The van der Waals surface area contributed by atoms with E-state index in [0.717, 1.165) is 6.42 Å². The van der Waals surface area contributed by atoms with Gasteiger partial charge in [-0.1, -0.05) is 62.7 Å². The van der Waals surface area contributed by atoms with Gasteiger partial charge < -0.3 is 10.1 Å². The Morgan fingerprint density at radius 3 is 2.41 bits per heavy atom. The third-order valence-corrected chi connectivity index (χ3v) is 6.69. The maximum Gasteiger partial charge on any atom is 0.411 e. The topological polar surface area (TPSA) is 58.6 Å². The van der Waals surface area contributed by atoms with Crippen LogP contribution in [0.15, 0.2) is 42.5 Å². The number of hydrogen-bond acceptors (Lipinski definition) is 3. The van der Waals surface area contributed by atoms with E-state index in [9.17, 15) is 9.59 Å². The molecule has 1 aliphatic heterocycles. The molecule has 0 radical (unpaired) electrons. The first-order valence-electron chi connectivity index (χ1n) is 11.7. The van der Waals surface area contributed by atoms with E-state index in [1.807, 2.05) is 13.8 Å². The minimum atomic E-state index is -0.690. The van der Waals surface area contributed by atoms with E-state index >= 15 is 4.39 Å². The third-order valence-electron chi connectivity index (χ3n) is 6.36. The van der Waals surface area contributed by atoms with Crippen molar-refractivity contribution in [3.8, 4) is 11.1 Å². The molecular weight excluding hydrogens is 455 g/mol. The van der Waals surface area contributed by atoms with Crippen LogP contribution in [0, 0.1) is 17.2 Å². The first kappa shape index (κ1) is 24.5. The number of carbonyl (C=O) groups excluding carboxylic acids is 2. The Labute approximate surface area is 205 Å². The van der Waals surface area contributed by atoms with Crippen LogP contribution in [0.5, 0.6) is 0 Å². The summed E-state index contributed by atoms with van der Waals surface area (Å²) in [5, 5.41) is 3.13. The van der Waals surface area contributed by atoms with E-state index in [-0.39, 0.29) is 23.1 Å². The fraction of sp³-hybridized carbons (Fsp3) is 0.481. The van der Waals surface area contributed by atoms with Gasteiger partial charge in [-0.25, -0.2) is 9.18 Å². The molecule has 3 atom stereocenters. The molecule has 7 heteroatoms. The molecule has 2 aromatic carbocycles. The number of hydrogen-bond donors (Lipinski definition) is 1. The van der Waals surface area contributed by atoms with E-state index in [2.05, 4.69) is 26.1 Å². The molecule has 182 valence electrons. The standard InChI is InChI=1S/C27H32ClFN2O3/c1-26(2,3)15-27(4,5)34-25(33)31-21-13-16(21)14-22(31)24(32)30-20-12-8-10-18(23(20)29)17-9-6-7-11-19(17)28/h6-12,16,21-22H,13-15H2,1-5H3,(H,30,32)/t16-,21-,22-/m1/s1. The molecule has 34 heavy (non-hydrogen) atoms. The monoisotopic (exact) mass is 486 g/mol. The Balaban J connectivity index is 1.51. The molecule has 2 aromatic rings. The van der Waals surface area contributed by atoms with Gasteiger partial charge in [0.05, 0.1) is 5.69 Å². The van der Waals surface area contributed by atoms with Gasteiger partial charge in [-0.15, -0.1) is 0 Å². The van der Waals surface area contributed by atoms with E-state index in [1.165, 1.54) is 6.07 Å². The number of piperidine rings is 1. The van der Waals surface area contributed by atoms with E-state index in [1.54, 1.807) is 41.3 Å². The molecular formula is C27H32ClFN2O3. The predicted octanol–water partition coefficient (Wildman–Crippen LogP) is 6.90. The fourth-order valence-corrected chi connectivity index (χ4v) is 5.53. The highest BCUT2D eigenvalue weighted by molar-refractivity contribution is 6.33. The van der Waals surface area contributed by atoms with Crippen molar-refractivity contribution >= 4 is 29.3 Å². The van der Waals surface area contributed by atoms with E-state index in [4.69, 9.17) is 16.3 Å². The molecule has 0 spiro atoms. The van der Waals surface area contributed by atoms with Crippen LogP contribution >= 0.6 is 11.6 Å². The Bertz CT molecular complexity index is 1110. The van der Waals surface area contributed by atoms with Gasteiger partial charge in [-0.2, -0.15) is 0 Å². The number of benzene rings is 2. The summed E-state index contributed by atoms with van der Waals surface area (Å²) in [6, 6.07) is 11.1. The van der Waals surface area contributed by atoms with E-state index in [0.29, 0.717) is 29.0 Å². The number of ether oxygens (including phenoxy) is 1. The minimum absolute atomic E-state index is 0.00740. The zero-order chi connectivity index (χ0) is 24.8. The van der Waals surface area contributed by atoms with Gasteiger partial charge in [0.25, 0.3) is 0 Å². The number of nitrogens with zero attached hydrogens (tertiary/aromatic N) is 1. The van der Waals surface area contributed by atoms with Crippen molar-refractivity contribution in [2.24, 2.45) is 11.3 Å². The van der Waals surface area contributed by atoms with E-state index < -0.39 is 29.5 Å².